The Bertz CT molecular complexity index is 573. The molecule has 3 rings (SSSR count). The molecule has 0 aromatic heterocycles. The number of piperazine rings is 1. The van der Waals surface area contributed by atoms with Gasteiger partial charge >= 0.3 is 0 Å². The summed E-state index contributed by atoms with van der Waals surface area (Å²) in [6.45, 7) is 5.16. The number of aryl methyl sites for hydroxylation is 1. The lowest BCUT2D eigenvalue weighted by Gasteiger charge is -2.35. The minimum atomic E-state index is -0.260. The van der Waals surface area contributed by atoms with Gasteiger partial charge in [-0.15, -0.1) is 0 Å². The van der Waals surface area contributed by atoms with Crippen molar-refractivity contribution >= 4 is 11.8 Å². The van der Waals surface area contributed by atoms with E-state index in [4.69, 9.17) is 4.74 Å². The van der Waals surface area contributed by atoms with Gasteiger partial charge in [0.2, 0.25) is 5.91 Å². The largest absolute Gasteiger partial charge is 0.368 e. The molecule has 0 aliphatic carbocycles. The minimum absolute atomic E-state index is 0.0912. The molecule has 2 fully saturated rings. The Balaban J connectivity index is 1.51. The molecule has 2 aliphatic heterocycles. The fourth-order valence-corrected chi connectivity index (χ4v) is 3.24. The molecule has 2 amide bonds. The van der Waals surface area contributed by atoms with Crippen LogP contribution in [0.2, 0.25) is 0 Å². The summed E-state index contributed by atoms with van der Waals surface area (Å²) in [6, 6.07) is 7.98. The van der Waals surface area contributed by atoms with Gasteiger partial charge in [-0.1, -0.05) is 24.3 Å². The molecule has 1 atom stereocenters. The first-order valence-corrected chi connectivity index (χ1v) is 8.38. The molecule has 0 radical (unpaired) electrons. The first kappa shape index (κ1) is 16.0. The molecule has 1 aromatic rings. The lowest BCUT2D eigenvalue weighted by Crippen LogP contribution is -2.53. The standard InChI is InChI=1S/C18H24N2O3/c1-14-5-2-3-6-15(14)13-17(21)19-8-10-20(11-9-19)18(22)16-7-4-12-23-16/h2-3,5-6,16H,4,7-13H2,1H3/t16-/m0/s1. The maximum Gasteiger partial charge on any atom is 0.251 e. The van der Waals surface area contributed by atoms with Gasteiger partial charge in [0.05, 0.1) is 6.42 Å². The van der Waals surface area contributed by atoms with Crippen LogP contribution < -0.4 is 0 Å². The first-order valence-electron chi connectivity index (χ1n) is 8.38. The van der Waals surface area contributed by atoms with Crippen LogP contribution in [0.15, 0.2) is 24.3 Å². The highest BCUT2D eigenvalue weighted by atomic mass is 16.5. The third-order valence-electron chi connectivity index (χ3n) is 4.75. The van der Waals surface area contributed by atoms with E-state index in [1.54, 1.807) is 0 Å². The van der Waals surface area contributed by atoms with Gasteiger partial charge < -0.3 is 14.5 Å². The zero-order chi connectivity index (χ0) is 16.2. The van der Waals surface area contributed by atoms with Gasteiger partial charge in [0, 0.05) is 32.8 Å². The van der Waals surface area contributed by atoms with E-state index < -0.39 is 0 Å². The number of ether oxygens (including phenoxy) is 1. The first-order chi connectivity index (χ1) is 11.1. The second-order valence-corrected chi connectivity index (χ2v) is 6.31. The minimum Gasteiger partial charge on any atom is -0.368 e. The molecule has 2 saturated heterocycles. The van der Waals surface area contributed by atoms with Gasteiger partial charge in [0.15, 0.2) is 0 Å². The molecular weight excluding hydrogens is 292 g/mol. The van der Waals surface area contributed by atoms with Crippen LogP contribution in [-0.4, -0.2) is 60.5 Å². The molecule has 0 bridgehead atoms. The molecule has 23 heavy (non-hydrogen) atoms. The molecule has 0 unspecified atom stereocenters. The summed E-state index contributed by atoms with van der Waals surface area (Å²) in [4.78, 5) is 28.5. The highest BCUT2D eigenvalue weighted by molar-refractivity contribution is 5.82. The van der Waals surface area contributed by atoms with Crippen LogP contribution in [0.3, 0.4) is 0 Å². The Morgan fingerprint density at radius 3 is 2.48 bits per heavy atom. The number of carbonyl (C=O) groups is 2. The zero-order valence-corrected chi connectivity index (χ0v) is 13.7. The molecule has 124 valence electrons. The Labute approximate surface area is 137 Å². The van der Waals surface area contributed by atoms with E-state index >= 15 is 0 Å². The summed E-state index contributed by atoms with van der Waals surface area (Å²) in [5.41, 5.74) is 2.23. The topological polar surface area (TPSA) is 49.9 Å². The second-order valence-electron chi connectivity index (χ2n) is 6.31. The van der Waals surface area contributed by atoms with Crippen molar-refractivity contribution in [3.8, 4) is 0 Å². The van der Waals surface area contributed by atoms with Gasteiger partial charge in [-0.25, -0.2) is 0 Å². The van der Waals surface area contributed by atoms with Crippen LogP contribution in [0.1, 0.15) is 24.0 Å². The van der Waals surface area contributed by atoms with Crippen molar-refractivity contribution in [3.63, 3.8) is 0 Å². The molecule has 2 heterocycles. The molecule has 0 saturated carbocycles. The van der Waals surface area contributed by atoms with Gasteiger partial charge in [0.25, 0.3) is 5.91 Å². The van der Waals surface area contributed by atoms with Crippen molar-refractivity contribution in [2.24, 2.45) is 0 Å². The Morgan fingerprint density at radius 1 is 1.13 bits per heavy atom. The van der Waals surface area contributed by atoms with Gasteiger partial charge in [0.1, 0.15) is 6.10 Å². The van der Waals surface area contributed by atoms with Gasteiger partial charge in [-0.05, 0) is 30.9 Å². The second kappa shape index (κ2) is 7.13. The van der Waals surface area contributed by atoms with Crippen molar-refractivity contribution in [1.82, 2.24) is 9.80 Å². The van der Waals surface area contributed by atoms with E-state index in [-0.39, 0.29) is 17.9 Å². The normalized spacial score (nSPS) is 21.5. The van der Waals surface area contributed by atoms with Gasteiger partial charge in [-0.3, -0.25) is 9.59 Å². The van der Waals surface area contributed by atoms with Crippen molar-refractivity contribution < 1.29 is 14.3 Å². The quantitative estimate of drug-likeness (QED) is 0.847. The fourth-order valence-electron chi connectivity index (χ4n) is 3.24. The maximum atomic E-state index is 12.5. The highest BCUT2D eigenvalue weighted by Crippen LogP contribution is 2.16. The molecule has 0 spiro atoms. The highest BCUT2D eigenvalue weighted by Gasteiger charge is 2.31. The van der Waals surface area contributed by atoms with E-state index in [9.17, 15) is 9.59 Å². The van der Waals surface area contributed by atoms with Crippen molar-refractivity contribution in [2.75, 3.05) is 32.8 Å². The third-order valence-corrected chi connectivity index (χ3v) is 4.75. The van der Waals surface area contributed by atoms with E-state index in [2.05, 4.69) is 0 Å². The average Bonchev–Trinajstić information content (AvgIpc) is 3.11. The lowest BCUT2D eigenvalue weighted by atomic mass is 10.1. The van der Waals surface area contributed by atoms with E-state index in [1.807, 2.05) is 41.0 Å². The monoisotopic (exact) mass is 316 g/mol. The number of rotatable bonds is 3. The number of nitrogens with zero attached hydrogens (tertiary/aromatic N) is 2. The number of carbonyl (C=O) groups excluding carboxylic acids is 2. The predicted molar refractivity (Wildman–Crippen MR) is 87.0 cm³/mol. The Hall–Kier alpha value is -1.88. The predicted octanol–water partition coefficient (Wildman–Crippen LogP) is 1.39. The van der Waals surface area contributed by atoms with Crippen molar-refractivity contribution in [3.05, 3.63) is 35.4 Å². The summed E-state index contributed by atoms with van der Waals surface area (Å²) in [5, 5.41) is 0. The summed E-state index contributed by atoms with van der Waals surface area (Å²) >= 11 is 0. The SMILES string of the molecule is Cc1ccccc1CC(=O)N1CCN(C(=O)[C@@H]2CCCO2)CC1. The smallest absolute Gasteiger partial charge is 0.251 e. The van der Waals surface area contributed by atoms with Crippen LogP contribution in [0, 0.1) is 6.92 Å². The fraction of sp³-hybridized carbons (Fsp3) is 0.556. The number of hydrogen-bond donors (Lipinski definition) is 0. The maximum absolute atomic E-state index is 12.5. The van der Waals surface area contributed by atoms with Crippen molar-refractivity contribution in [2.45, 2.75) is 32.3 Å². The van der Waals surface area contributed by atoms with E-state index in [0.29, 0.717) is 39.2 Å². The molecular formula is C18H24N2O3. The number of benzene rings is 1. The van der Waals surface area contributed by atoms with E-state index in [0.717, 1.165) is 24.0 Å². The van der Waals surface area contributed by atoms with Crippen LogP contribution in [0.4, 0.5) is 0 Å². The lowest BCUT2D eigenvalue weighted by molar-refractivity contribution is -0.145. The third kappa shape index (κ3) is 3.72. The Kier molecular flexibility index (Phi) is 4.96. The van der Waals surface area contributed by atoms with Crippen LogP contribution in [0.5, 0.6) is 0 Å². The van der Waals surface area contributed by atoms with E-state index in [1.165, 1.54) is 0 Å². The van der Waals surface area contributed by atoms with Crippen molar-refractivity contribution in [1.29, 1.82) is 0 Å². The Morgan fingerprint density at radius 2 is 1.83 bits per heavy atom. The molecule has 0 N–H and O–H groups in total. The zero-order valence-electron chi connectivity index (χ0n) is 13.7. The summed E-state index contributed by atoms with van der Waals surface area (Å²) in [7, 11) is 0. The molecule has 5 heteroatoms. The average molecular weight is 316 g/mol. The van der Waals surface area contributed by atoms with Crippen LogP contribution in [0.25, 0.3) is 0 Å². The summed E-state index contributed by atoms with van der Waals surface area (Å²) in [6.07, 6.45) is 1.97. The molecule has 5 nitrogen and oxygen atoms in total. The summed E-state index contributed by atoms with van der Waals surface area (Å²) in [5.74, 6) is 0.233. The summed E-state index contributed by atoms with van der Waals surface area (Å²) < 4.78 is 5.46. The van der Waals surface area contributed by atoms with Crippen LogP contribution in [-0.2, 0) is 20.7 Å². The molecule has 1 aromatic carbocycles. The van der Waals surface area contributed by atoms with Gasteiger partial charge in [-0.2, -0.15) is 0 Å². The molecule has 2 aliphatic rings. The number of amides is 2. The van der Waals surface area contributed by atoms with Crippen LogP contribution >= 0.6 is 0 Å². The number of hydrogen-bond acceptors (Lipinski definition) is 3.